The first-order valence-corrected chi connectivity index (χ1v) is 8.07. The van der Waals surface area contributed by atoms with E-state index in [1.807, 2.05) is 0 Å². The number of halogens is 1. The average Bonchev–Trinajstić information content (AvgIpc) is 2.42. The van der Waals surface area contributed by atoms with Gasteiger partial charge in [0, 0.05) is 18.0 Å². The van der Waals surface area contributed by atoms with Crippen molar-refractivity contribution in [3.05, 3.63) is 23.2 Å². The Morgan fingerprint density at radius 1 is 1.58 bits per heavy atom. The van der Waals surface area contributed by atoms with E-state index in [0.29, 0.717) is 28.0 Å². The minimum absolute atomic E-state index is 0.0193. The summed E-state index contributed by atoms with van der Waals surface area (Å²) >= 11 is 5.95. The number of nitrogen functional groups attached to an aromatic ring is 1. The summed E-state index contributed by atoms with van der Waals surface area (Å²) in [5.41, 5.74) is 6.15. The molecule has 0 saturated carbocycles. The second-order valence-corrected chi connectivity index (χ2v) is 6.48. The van der Waals surface area contributed by atoms with Crippen LogP contribution in [0.25, 0.3) is 0 Å². The molecule has 0 bridgehead atoms. The Morgan fingerprint density at radius 3 is 3.05 bits per heavy atom. The number of likely N-dealkylation sites (N-methyl/N-ethyl adjacent to an activating group) is 1. The van der Waals surface area contributed by atoms with Crippen molar-refractivity contribution in [2.75, 3.05) is 37.7 Å². The van der Waals surface area contributed by atoms with E-state index < -0.39 is 10.8 Å². The summed E-state index contributed by atoms with van der Waals surface area (Å²) in [6.07, 6.45) is 0.0193. The van der Waals surface area contributed by atoms with Crippen LogP contribution < -0.4 is 5.73 Å². The van der Waals surface area contributed by atoms with Crippen molar-refractivity contribution in [1.82, 2.24) is 4.90 Å². The van der Waals surface area contributed by atoms with E-state index in [1.54, 1.807) is 18.2 Å². The van der Waals surface area contributed by atoms with Gasteiger partial charge in [0.1, 0.15) is 0 Å². The first-order valence-electron chi connectivity index (χ1n) is 6.37. The fourth-order valence-electron chi connectivity index (χ4n) is 2.08. The van der Waals surface area contributed by atoms with Gasteiger partial charge in [-0.3, -0.25) is 9.11 Å². The molecule has 6 heteroatoms. The number of rotatable bonds is 4. The third kappa shape index (κ3) is 3.92. The summed E-state index contributed by atoms with van der Waals surface area (Å²) in [7, 11) is -1.11. The highest BCUT2D eigenvalue weighted by Crippen LogP contribution is 2.22. The first kappa shape index (κ1) is 14.8. The van der Waals surface area contributed by atoms with Crippen LogP contribution in [0.5, 0.6) is 0 Å². The van der Waals surface area contributed by atoms with Crippen LogP contribution in [-0.4, -0.2) is 47.2 Å². The van der Waals surface area contributed by atoms with Gasteiger partial charge in [-0.25, -0.2) is 0 Å². The molecule has 1 aromatic rings. The topological polar surface area (TPSA) is 55.6 Å². The van der Waals surface area contributed by atoms with Crippen LogP contribution in [-0.2, 0) is 15.5 Å². The lowest BCUT2D eigenvalue weighted by Crippen LogP contribution is -2.44. The van der Waals surface area contributed by atoms with E-state index in [0.717, 1.165) is 19.6 Å². The molecule has 1 heterocycles. The lowest BCUT2D eigenvalue weighted by atomic mass is 10.3. The average molecular weight is 303 g/mol. The number of ether oxygens (including phenoxy) is 1. The number of hydrogen-bond acceptors (Lipinski definition) is 4. The van der Waals surface area contributed by atoms with Gasteiger partial charge in [-0.05, 0) is 24.7 Å². The highest BCUT2D eigenvalue weighted by Gasteiger charge is 2.22. The van der Waals surface area contributed by atoms with Crippen LogP contribution in [0.15, 0.2) is 23.1 Å². The van der Waals surface area contributed by atoms with E-state index in [2.05, 4.69) is 11.8 Å². The third-order valence-corrected chi connectivity index (χ3v) is 5.02. The highest BCUT2D eigenvalue weighted by atomic mass is 35.5. The SMILES string of the molecule is CCN1CCOC(CS(=O)c2ccc(N)c(Cl)c2)C1. The molecule has 0 aromatic heterocycles. The second kappa shape index (κ2) is 6.70. The maximum absolute atomic E-state index is 12.3. The Morgan fingerprint density at radius 2 is 2.37 bits per heavy atom. The standard InChI is InChI=1S/C13H19ClN2O2S/c1-2-16-5-6-18-10(8-16)9-19(17)11-3-4-13(15)12(14)7-11/h3-4,7,10H,2,5-6,8-9,15H2,1H3. The zero-order valence-electron chi connectivity index (χ0n) is 11.0. The maximum Gasteiger partial charge on any atom is 0.0821 e. The molecule has 0 aliphatic carbocycles. The maximum atomic E-state index is 12.3. The summed E-state index contributed by atoms with van der Waals surface area (Å²) in [5, 5.41) is 0.450. The number of nitrogens with zero attached hydrogens (tertiary/aromatic N) is 1. The van der Waals surface area contributed by atoms with Crippen molar-refractivity contribution in [3.63, 3.8) is 0 Å². The van der Waals surface area contributed by atoms with Crippen molar-refractivity contribution in [3.8, 4) is 0 Å². The molecule has 2 unspecified atom stereocenters. The van der Waals surface area contributed by atoms with Crippen LogP contribution >= 0.6 is 11.6 Å². The van der Waals surface area contributed by atoms with Crippen LogP contribution in [0.2, 0.25) is 5.02 Å². The molecule has 1 aliphatic rings. The van der Waals surface area contributed by atoms with Crippen LogP contribution in [0.1, 0.15) is 6.92 Å². The Kier molecular flexibility index (Phi) is 5.21. The molecule has 19 heavy (non-hydrogen) atoms. The van der Waals surface area contributed by atoms with Gasteiger partial charge in [0.25, 0.3) is 0 Å². The lowest BCUT2D eigenvalue weighted by Gasteiger charge is -2.31. The molecular weight excluding hydrogens is 284 g/mol. The van der Waals surface area contributed by atoms with Crippen LogP contribution in [0.4, 0.5) is 5.69 Å². The number of benzene rings is 1. The molecule has 2 atom stereocenters. The molecule has 106 valence electrons. The van der Waals surface area contributed by atoms with E-state index in [-0.39, 0.29) is 6.10 Å². The van der Waals surface area contributed by atoms with Gasteiger partial charge in [-0.2, -0.15) is 0 Å². The number of nitrogens with two attached hydrogens (primary N) is 1. The monoisotopic (exact) mass is 302 g/mol. The van der Waals surface area contributed by atoms with Crippen molar-refractivity contribution >= 4 is 28.1 Å². The van der Waals surface area contributed by atoms with Crippen molar-refractivity contribution in [2.24, 2.45) is 0 Å². The van der Waals surface area contributed by atoms with Gasteiger partial charge in [0.15, 0.2) is 0 Å². The number of hydrogen-bond donors (Lipinski definition) is 1. The molecule has 4 nitrogen and oxygen atoms in total. The Bertz CT molecular complexity index is 470. The van der Waals surface area contributed by atoms with Gasteiger partial charge < -0.3 is 10.5 Å². The number of morpholine rings is 1. The lowest BCUT2D eigenvalue weighted by molar-refractivity contribution is -0.0141. The van der Waals surface area contributed by atoms with Crippen molar-refractivity contribution in [1.29, 1.82) is 0 Å². The highest BCUT2D eigenvalue weighted by molar-refractivity contribution is 7.85. The van der Waals surface area contributed by atoms with E-state index in [9.17, 15) is 4.21 Å². The Hall–Kier alpha value is -0.620. The second-order valence-electron chi connectivity index (χ2n) is 4.58. The summed E-state index contributed by atoms with van der Waals surface area (Å²) in [5.74, 6) is 0.497. The van der Waals surface area contributed by atoms with Gasteiger partial charge in [-0.15, -0.1) is 0 Å². The van der Waals surface area contributed by atoms with Crippen molar-refractivity contribution < 1.29 is 8.95 Å². The van der Waals surface area contributed by atoms with Gasteiger partial charge in [-0.1, -0.05) is 18.5 Å². The molecule has 1 aliphatic heterocycles. The van der Waals surface area contributed by atoms with E-state index in [1.165, 1.54) is 0 Å². The molecule has 0 amide bonds. The van der Waals surface area contributed by atoms with Gasteiger partial charge in [0.05, 0.1) is 40.0 Å². The third-order valence-electron chi connectivity index (χ3n) is 3.24. The molecular formula is C13H19ClN2O2S. The van der Waals surface area contributed by atoms with Crippen LogP contribution in [0, 0.1) is 0 Å². The summed E-state index contributed by atoms with van der Waals surface area (Å²) < 4.78 is 17.9. The first-order chi connectivity index (χ1) is 9.10. The molecule has 2 N–H and O–H groups in total. The Balaban J connectivity index is 1.98. The fourth-order valence-corrected chi connectivity index (χ4v) is 3.53. The summed E-state index contributed by atoms with van der Waals surface area (Å²) in [6, 6.07) is 5.13. The largest absolute Gasteiger partial charge is 0.398 e. The summed E-state index contributed by atoms with van der Waals surface area (Å²) in [6.45, 7) is 5.62. The molecule has 1 fully saturated rings. The van der Waals surface area contributed by atoms with Gasteiger partial charge in [0.2, 0.25) is 0 Å². The molecule has 0 radical (unpaired) electrons. The molecule has 0 spiro atoms. The van der Waals surface area contributed by atoms with Gasteiger partial charge >= 0.3 is 0 Å². The van der Waals surface area contributed by atoms with E-state index in [4.69, 9.17) is 22.1 Å². The molecule has 2 rings (SSSR count). The smallest absolute Gasteiger partial charge is 0.0821 e. The molecule has 1 saturated heterocycles. The molecule has 1 aromatic carbocycles. The fraction of sp³-hybridized carbons (Fsp3) is 0.538. The predicted molar refractivity (Wildman–Crippen MR) is 79.0 cm³/mol. The Labute approximate surface area is 121 Å². The predicted octanol–water partition coefficient (Wildman–Crippen LogP) is 1.75. The van der Waals surface area contributed by atoms with Crippen molar-refractivity contribution in [2.45, 2.75) is 17.9 Å². The van der Waals surface area contributed by atoms with Crippen LogP contribution in [0.3, 0.4) is 0 Å². The zero-order chi connectivity index (χ0) is 13.8. The number of anilines is 1. The zero-order valence-corrected chi connectivity index (χ0v) is 12.5. The minimum atomic E-state index is -1.11. The minimum Gasteiger partial charge on any atom is -0.398 e. The quantitative estimate of drug-likeness (QED) is 0.861. The summed E-state index contributed by atoms with van der Waals surface area (Å²) in [4.78, 5) is 3.01. The van der Waals surface area contributed by atoms with E-state index >= 15 is 0 Å². The normalized spacial score (nSPS) is 22.3.